The predicted molar refractivity (Wildman–Crippen MR) is 111 cm³/mol. The molecule has 3 fully saturated rings. The Morgan fingerprint density at radius 3 is 2.26 bits per heavy atom. The highest BCUT2D eigenvalue weighted by atomic mass is 32.1. The number of amides is 1. The number of piperidine rings is 1. The molecule has 1 aliphatic heterocycles. The van der Waals surface area contributed by atoms with Crippen LogP contribution in [0.15, 0.2) is 5.38 Å². The van der Waals surface area contributed by atoms with Crippen molar-refractivity contribution in [2.24, 2.45) is 0 Å². The molecule has 2 saturated carbocycles. The van der Waals surface area contributed by atoms with Gasteiger partial charge in [0.05, 0.1) is 5.01 Å². The molecule has 0 aromatic carbocycles. The fraction of sp³-hybridized carbons (Fsp3) is 0.818. The highest BCUT2D eigenvalue weighted by Gasteiger charge is 2.39. The summed E-state index contributed by atoms with van der Waals surface area (Å²) < 4.78 is 0. The summed E-state index contributed by atoms with van der Waals surface area (Å²) in [5.74, 6) is 0.734. The molecule has 0 atom stereocenters. The van der Waals surface area contributed by atoms with Crippen LogP contribution < -0.4 is 0 Å². The van der Waals surface area contributed by atoms with Crippen LogP contribution in [0, 0.1) is 0 Å². The zero-order valence-corrected chi connectivity index (χ0v) is 18.1. The molecule has 3 aliphatic rings. The van der Waals surface area contributed by atoms with E-state index in [1.165, 1.54) is 50.0 Å². The van der Waals surface area contributed by atoms with Gasteiger partial charge in [-0.25, -0.2) is 4.98 Å². The van der Waals surface area contributed by atoms with E-state index in [0.29, 0.717) is 23.7 Å². The van der Waals surface area contributed by atoms with Crippen LogP contribution in [0.1, 0.15) is 100.0 Å². The zero-order valence-electron chi connectivity index (χ0n) is 17.2. The number of thiazole rings is 1. The standard InChI is InChI=1S/C22H35N3OS/c1-22(2,3)24-13-11-16(12-14-24)20-23-19(15-27-20)21(26)25(18-9-10-18)17-7-5-4-6-8-17/h15-18H,4-14H2,1-3H3. The summed E-state index contributed by atoms with van der Waals surface area (Å²) in [6.07, 6.45) is 10.9. The molecule has 0 bridgehead atoms. The van der Waals surface area contributed by atoms with Crippen LogP contribution in [-0.4, -0.2) is 51.4 Å². The van der Waals surface area contributed by atoms with E-state index in [-0.39, 0.29) is 11.4 Å². The van der Waals surface area contributed by atoms with Gasteiger partial charge in [-0.2, -0.15) is 0 Å². The van der Waals surface area contributed by atoms with Crippen molar-refractivity contribution in [3.05, 3.63) is 16.1 Å². The second-order valence-corrected chi connectivity index (χ2v) is 10.6. The number of nitrogens with zero attached hydrogens (tertiary/aromatic N) is 3. The number of hydrogen-bond donors (Lipinski definition) is 0. The van der Waals surface area contributed by atoms with Gasteiger partial charge in [-0.1, -0.05) is 19.3 Å². The Labute approximate surface area is 168 Å². The van der Waals surface area contributed by atoms with Crippen LogP contribution in [0.2, 0.25) is 0 Å². The molecule has 150 valence electrons. The second-order valence-electron chi connectivity index (χ2n) is 9.74. The molecule has 1 amide bonds. The minimum Gasteiger partial charge on any atom is -0.331 e. The number of rotatable bonds is 4. The monoisotopic (exact) mass is 389 g/mol. The SMILES string of the molecule is CC(C)(C)N1CCC(c2nc(C(=O)N(C3CCCCC3)C3CC3)cs2)CC1. The quantitative estimate of drug-likeness (QED) is 0.722. The van der Waals surface area contributed by atoms with Crippen molar-refractivity contribution in [3.8, 4) is 0 Å². The van der Waals surface area contributed by atoms with Gasteiger partial charge in [0.15, 0.2) is 0 Å². The van der Waals surface area contributed by atoms with Crippen LogP contribution in [0.25, 0.3) is 0 Å². The van der Waals surface area contributed by atoms with Gasteiger partial charge in [-0.3, -0.25) is 9.69 Å². The van der Waals surface area contributed by atoms with Gasteiger partial charge in [0, 0.05) is 28.9 Å². The Bertz CT molecular complexity index is 647. The van der Waals surface area contributed by atoms with Gasteiger partial charge in [0.1, 0.15) is 5.69 Å². The van der Waals surface area contributed by atoms with Crippen molar-refractivity contribution in [2.75, 3.05) is 13.1 Å². The van der Waals surface area contributed by atoms with E-state index in [9.17, 15) is 4.79 Å². The topological polar surface area (TPSA) is 36.4 Å². The van der Waals surface area contributed by atoms with Gasteiger partial charge in [0.2, 0.25) is 0 Å². The molecule has 4 rings (SSSR count). The van der Waals surface area contributed by atoms with Crippen LogP contribution in [0.3, 0.4) is 0 Å². The Balaban J connectivity index is 1.42. The lowest BCUT2D eigenvalue weighted by Crippen LogP contribution is -2.45. The average molecular weight is 390 g/mol. The second kappa shape index (κ2) is 7.82. The Kier molecular flexibility index (Phi) is 5.62. The molecule has 0 unspecified atom stereocenters. The highest BCUT2D eigenvalue weighted by molar-refractivity contribution is 7.09. The molecule has 5 heteroatoms. The lowest BCUT2D eigenvalue weighted by Gasteiger charge is -2.40. The smallest absolute Gasteiger partial charge is 0.273 e. The number of carbonyl (C=O) groups is 1. The first-order valence-corrected chi connectivity index (χ1v) is 11.8. The first-order valence-electron chi connectivity index (χ1n) is 11.0. The third-order valence-electron chi connectivity index (χ3n) is 6.68. The van der Waals surface area contributed by atoms with E-state index in [1.54, 1.807) is 11.3 Å². The summed E-state index contributed by atoms with van der Waals surface area (Å²) in [5.41, 5.74) is 0.963. The first-order chi connectivity index (χ1) is 12.9. The van der Waals surface area contributed by atoms with Gasteiger partial charge in [0.25, 0.3) is 5.91 Å². The molecule has 2 heterocycles. The maximum atomic E-state index is 13.3. The number of carbonyl (C=O) groups excluding carboxylic acids is 1. The van der Waals surface area contributed by atoms with Crippen molar-refractivity contribution in [1.82, 2.24) is 14.8 Å². The molecule has 2 aliphatic carbocycles. The Morgan fingerprint density at radius 1 is 1.04 bits per heavy atom. The number of hydrogen-bond acceptors (Lipinski definition) is 4. The highest BCUT2D eigenvalue weighted by Crippen LogP contribution is 2.36. The third-order valence-corrected chi connectivity index (χ3v) is 7.68. The molecule has 1 aromatic rings. The Morgan fingerprint density at radius 2 is 1.67 bits per heavy atom. The van der Waals surface area contributed by atoms with E-state index in [2.05, 4.69) is 30.6 Å². The minimum atomic E-state index is 0.207. The molecule has 0 radical (unpaired) electrons. The van der Waals surface area contributed by atoms with E-state index in [4.69, 9.17) is 4.98 Å². The number of aromatic nitrogens is 1. The predicted octanol–water partition coefficient (Wildman–Crippen LogP) is 5.06. The van der Waals surface area contributed by atoms with Crippen molar-refractivity contribution in [3.63, 3.8) is 0 Å². The van der Waals surface area contributed by atoms with Crippen molar-refractivity contribution < 1.29 is 4.79 Å². The molecular formula is C22H35N3OS. The molecule has 27 heavy (non-hydrogen) atoms. The van der Waals surface area contributed by atoms with Crippen molar-refractivity contribution in [2.45, 2.75) is 102 Å². The van der Waals surface area contributed by atoms with Crippen LogP contribution in [0.5, 0.6) is 0 Å². The lowest BCUT2D eigenvalue weighted by atomic mass is 9.93. The van der Waals surface area contributed by atoms with E-state index in [0.717, 1.165) is 25.9 Å². The molecule has 1 saturated heterocycles. The van der Waals surface area contributed by atoms with Gasteiger partial charge in [-0.15, -0.1) is 11.3 Å². The van der Waals surface area contributed by atoms with Crippen molar-refractivity contribution >= 4 is 17.2 Å². The van der Waals surface area contributed by atoms with E-state index >= 15 is 0 Å². The van der Waals surface area contributed by atoms with Crippen LogP contribution >= 0.6 is 11.3 Å². The summed E-state index contributed by atoms with van der Waals surface area (Å²) in [7, 11) is 0. The Hall–Kier alpha value is -0.940. The van der Waals surface area contributed by atoms with Crippen LogP contribution in [-0.2, 0) is 0 Å². The maximum Gasteiger partial charge on any atom is 0.273 e. The van der Waals surface area contributed by atoms with Crippen molar-refractivity contribution in [1.29, 1.82) is 0 Å². The first kappa shape index (κ1) is 19.4. The summed E-state index contributed by atoms with van der Waals surface area (Å²) in [6.45, 7) is 9.16. The van der Waals surface area contributed by atoms with Gasteiger partial charge in [-0.05, 0) is 72.4 Å². The number of likely N-dealkylation sites (tertiary alicyclic amines) is 1. The maximum absolute atomic E-state index is 13.3. The summed E-state index contributed by atoms with van der Waals surface area (Å²) >= 11 is 1.71. The summed E-state index contributed by atoms with van der Waals surface area (Å²) in [4.78, 5) is 22.9. The third kappa shape index (κ3) is 4.40. The fourth-order valence-corrected chi connectivity index (χ4v) is 5.81. The van der Waals surface area contributed by atoms with Crippen LogP contribution in [0.4, 0.5) is 0 Å². The zero-order chi connectivity index (χ0) is 19.0. The molecule has 0 spiro atoms. The average Bonchev–Trinajstić information content (AvgIpc) is 3.36. The largest absolute Gasteiger partial charge is 0.331 e. The lowest BCUT2D eigenvalue weighted by molar-refractivity contribution is 0.0608. The van der Waals surface area contributed by atoms with Gasteiger partial charge >= 0.3 is 0 Å². The summed E-state index contributed by atoms with van der Waals surface area (Å²) in [5, 5.41) is 3.22. The molecule has 4 nitrogen and oxygen atoms in total. The molecule has 0 N–H and O–H groups in total. The fourth-order valence-electron chi connectivity index (χ4n) is 4.84. The van der Waals surface area contributed by atoms with E-state index < -0.39 is 0 Å². The minimum absolute atomic E-state index is 0.207. The summed E-state index contributed by atoms with van der Waals surface area (Å²) in [6, 6.07) is 0.944. The van der Waals surface area contributed by atoms with Gasteiger partial charge < -0.3 is 4.90 Å². The molecular weight excluding hydrogens is 354 g/mol. The van der Waals surface area contributed by atoms with E-state index in [1.807, 2.05) is 5.38 Å². The normalized spacial score (nSPS) is 23.5. The molecule has 1 aromatic heterocycles.